The van der Waals surface area contributed by atoms with Crippen molar-refractivity contribution in [2.75, 3.05) is 5.32 Å². The van der Waals surface area contributed by atoms with E-state index in [1.165, 1.54) is 6.07 Å². The van der Waals surface area contributed by atoms with Gasteiger partial charge in [-0.15, -0.1) is 0 Å². The Morgan fingerprint density at radius 2 is 1.76 bits per heavy atom. The number of primary amides is 1. The van der Waals surface area contributed by atoms with Gasteiger partial charge in [-0.05, 0) is 42.2 Å². The molecule has 0 aliphatic carbocycles. The molecule has 15 heteroatoms. The van der Waals surface area contributed by atoms with Crippen molar-refractivity contribution in [3.05, 3.63) is 65.4 Å². The molecule has 0 fully saturated rings. The number of alkyl halides is 3. The molecule has 0 unspecified atom stereocenters. The monoisotopic (exact) mass is 630 g/mol. The highest BCUT2D eigenvalue weighted by Crippen LogP contribution is 2.33. The number of hydrogen-bond acceptors (Lipinski definition) is 5. The number of para-hydroxylation sites is 1. The van der Waals surface area contributed by atoms with E-state index in [9.17, 15) is 37.1 Å². The molecule has 1 aromatic heterocycles. The van der Waals surface area contributed by atoms with E-state index in [1.54, 1.807) is 13.8 Å². The molecule has 2 heterocycles. The van der Waals surface area contributed by atoms with E-state index < -0.39 is 66.0 Å². The van der Waals surface area contributed by atoms with Crippen LogP contribution in [-0.2, 0) is 38.3 Å². The lowest BCUT2D eigenvalue weighted by Crippen LogP contribution is -2.59. The predicted molar refractivity (Wildman–Crippen MR) is 157 cm³/mol. The summed E-state index contributed by atoms with van der Waals surface area (Å²) in [6.45, 7) is 3.46. The highest BCUT2D eigenvalue weighted by Gasteiger charge is 2.39. The summed E-state index contributed by atoms with van der Waals surface area (Å²) in [7, 11) is 0. The highest BCUT2D eigenvalue weighted by molar-refractivity contribution is 5.98. The molecule has 0 radical (unpaired) electrons. The van der Waals surface area contributed by atoms with Crippen molar-refractivity contribution in [2.24, 2.45) is 11.7 Å². The van der Waals surface area contributed by atoms with Crippen molar-refractivity contribution in [1.29, 1.82) is 0 Å². The summed E-state index contributed by atoms with van der Waals surface area (Å²) in [5.74, 6) is -4.16. The van der Waals surface area contributed by atoms with Crippen molar-refractivity contribution in [3.8, 4) is 0 Å². The Kier molecular flexibility index (Phi) is 9.69. The Morgan fingerprint density at radius 3 is 2.40 bits per heavy atom. The topological polar surface area (TPSA) is 187 Å². The minimum Gasteiger partial charge on any atom is -0.481 e. The summed E-state index contributed by atoms with van der Waals surface area (Å²) in [5.41, 5.74) is 6.31. The summed E-state index contributed by atoms with van der Waals surface area (Å²) < 4.78 is 39.9. The molecule has 0 bridgehead atoms. The summed E-state index contributed by atoms with van der Waals surface area (Å²) in [4.78, 5) is 67.9. The Labute approximate surface area is 255 Å². The third-order valence-corrected chi connectivity index (χ3v) is 7.39. The van der Waals surface area contributed by atoms with E-state index in [1.807, 2.05) is 24.3 Å². The number of H-pyrrole nitrogens is 1. The first-order valence-corrected chi connectivity index (χ1v) is 14.1. The SMILES string of the molecule is CC(C)C[C@H](NC(=O)[C@H]1Cc2c([nH]c3ccccc23)CN1C(=O)Nc1cccc(C(F)(F)F)c1)C(=O)N[C@@H](CC(=O)O)C(N)=O. The number of carbonyl (C=O) groups excluding carboxylic acids is 4. The molecule has 4 rings (SSSR count). The molecule has 0 spiro atoms. The lowest BCUT2D eigenvalue weighted by atomic mass is 9.95. The first-order chi connectivity index (χ1) is 21.1. The molecule has 45 heavy (non-hydrogen) atoms. The van der Waals surface area contributed by atoms with Gasteiger partial charge in [-0.3, -0.25) is 19.2 Å². The summed E-state index contributed by atoms with van der Waals surface area (Å²) in [6.07, 6.45) is -5.30. The van der Waals surface area contributed by atoms with Gasteiger partial charge in [0.25, 0.3) is 0 Å². The van der Waals surface area contributed by atoms with Crippen LogP contribution in [0.5, 0.6) is 0 Å². The van der Waals surface area contributed by atoms with Crippen LogP contribution >= 0.6 is 0 Å². The number of nitrogens with zero attached hydrogens (tertiary/aromatic N) is 1. The van der Waals surface area contributed by atoms with Crippen LogP contribution in [0.4, 0.5) is 23.7 Å². The van der Waals surface area contributed by atoms with Crippen LogP contribution in [0, 0.1) is 5.92 Å². The van der Waals surface area contributed by atoms with E-state index >= 15 is 0 Å². The van der Waals surface area contributed by atoms with Crippen LogP contribution in [0.3, 0.4) is 0 Å². The van der Waals surface area contributed by atoms with Gasteiger partial charge in [0.1, 0.15) is 18.1 Å². The van der Waals surface area contributed by atoms with Crippen molar-refractivity contribution in [2.45, 2.75) is 64.0 Å². The van der Waals surface area contributed by atoms with Crippen LogP contribution in [0.1, 0.15) is 43.5 Å². The maximum atomic E-state index is 13.9. The molecule has 240 valence electrons. The van der Waals surface area contributed by atoms with E-state index in [0.29, 0.717) is 5.69 Å². The quantitative estimate of drug-likeness (QED) is 0.200. The lowest BCUT2D eigenvalue weighted by Gasteiger charge is -2.35. The fourth-order valence-electron chi connectivity index (χ4n) is 5.26. The molecule has 1 aliphatic heterocycles. The number of anilines is 1. The van der Waals surface area contributed by atoms with Crippen molar-refractivity contribution in [1.82, 2.24) is 20.5 Å². The Balaban J connectivity index is 1.64. The first kappa shape index (κ1) is 32.8. The average Bonchev–Trinajstić information content (AvgIpc) is 3.32. The fourth-order valence-corrected chi connectivity index (χ4v) is 5.26. The van der Waals surface area contributed by atoms with Crippen LogP contribution in [0.25, 0.3) is 10.9 Å². The molecular formula is C30H33F3N6O6. The normalized spacial score (nSPS) is 16.0. The predicted octanol–water partition coefficient (Wildman–Crippen LogP) is 3.12. The molecule has 12 nitrogen and oxygen atoms in total. The summed E-state index contributed by atoms with van der Waals surface area (Å²) >= 11 is 0. The van der Waals surface area contributed by atoms with Gasteiger partial charge in [0.2, 0.25) is 17.7 Å². The number of aliphatic carboxylic acids is 1. The third kappa shape index (κ3) is 7.91. The molecule has 0 saturated heterocycles. The van der Waals surface area contributed by atoms with Crippen LogP contribution in [0.2, 0.25) is 0 Å². The number of carboxylic acids is 1. The van der Waals surface area contributed by atoms with Crippen LogP contribution < -0.4 is 21.7 Å². The lowest BCUT2D eigenvalue weighted by molar-refractivity contribution is -0.140. The largest absolute Gasteiger partial charge is 0.481 e. The van der Waals surface area contributed by atoms with E-state index in [0.717, 1.165) is 39.6 Å². The minimum absolute atomic E-state index is 0.0140. The number of aromatic nitrogens is 1. The van der Waals surface area contributed by atoms with Crippen LogP contribution in [-0.4, -0.2) is 62.8 Å². The number of amides is 5. The number of urea groups is 1. The first-order valence-electron chi connectivity index (χ1n) is 14.1. The van der Waals surface area contributed by atoms with Gasteiger partial charge in [0.05, 0.1) is 18.5 Å². The molecule has 0 saturated carbocycles. The second kappa shape index (κ2) is 13.3. The highest BCUT2D eigenvalue weighted by atomic mass is 19.4. The molecular weight excluding hydrogens is 597 g/mol. The van der Waals surface area contributed by atoms with Gasteiger partial charge in [0.15, 0.2) is 0 Å². The zero-order valence-electron chi connectivity index (χ0n) is 24.4. The Bertz CT molecular complexity index is 1620. The Morgan fingerprint density at radius 1 is 1.04 bits per heavy atom. The standard InChI is InChI=1S/C30H33F3N6O6/c1-15(2)10-22(27(43)37-21(26(34)42)13-25(40)41)38-28(44)24-12-19-18-8-3-4-9-20(18)36-23(19)14-39(24)29(45)35-17-7-5-6-16(11-17)30(31,32)33/h3-9,11,15,21-22,24,36H,10,12-14H2,1-2H3,(H2,34,42)(H,35,45)(H,37,43)(H,38,44)(H,40,41)/t21-,22-,24+/m0/s1. The van der Waals surface area contributed by atoms with Gasteiger partial charge in [0, 0.05) is 28.7 Å². The molecule has 7 N–H and O–H groups in total. The average molecular weight is 631 g/mol. The number of benzene rings is 2. The van der Waals surface area contributed by atoms with E-state index in [4.69, 9.17) is 10.8 Å². The second-order valence-corrected chi connectivity index (χ2v) is 11.2. The second-order valence-electron chi connectivity index (χ2n) is 11.2. The molecule has 3 aromatic rings. The summed E-state index contributed by atoms with van der Waals surface area (Å²) in [5, 5.41) is 17.3. The minimum atomic E-state index is -4.64. The summed E-state index contributed by atoms with van der Waals surface area (Å²) in [6, 6.07) is 6.57. The molecule has 2 aromatic carbocycles. The van der Waals surface area contributed by atoms with Gasteiger partial charge >= 0.3 is 18.2 Å². The van der Waals surface area contributed by atoms with Gasteiger partial charge in [-0.1, -0.05) is 38.1 Å². The number of aromatic amines is 1. The fraction of sp³-hybridized carbons (Fsp3) is 0.367. The van der Waals surface area contributed by atoms with Crippen molar-refractivity contribution in [3.63, 3.8) is 0 Å². The van der Waals surface area contributed by atoms with Gasteiger partial charge in [-0.2, -0.15) is 13.2 Å². The van der Waals surface area contributed by atoms with E-state index in [2.05, 4.69) is 20.9 Å². The number of fused-ring (bicyclic) bond motifs is 3. The maximum absolute atomic E-state index is 13.9. The van der Waals surface area contributed by atoms with E-state index in [-0.39, 0.29) is 31.0 Å². The molecule has 1 aliphatic rings. The number of carbonyl (C=O) groups is 5. The Hall–Kier alpha value is -5.08. The molecule has 5 amide bonds. The number of nitrogens with one attached hydrogen (secondary N) is 4. The maximum Gasteiger partial charge on any atom is 0.416 e. The van der Waals surface area contributed by atoms with Crippen molar-refractivity contribution >= 4 is 46.3 Å². The van der Waals surface area contributed by atoms with Crippen molar-refractivity contribution < 1.29 is 42.3 Å². The smallest absolute Gasteiger partial charge is 0.416 e. The van der Waals surface area contributed by atoms with Gasteiger partial charge < -0.3 is 36.7 Å². The number of hydrogen-bond donors (Lipinski definition) is 6. The number of nitrogens with two attached hydrogens (primary N) is 1. The molecule has 3 atom stereocenters. The number of halogens is 3. The zero-order valence-corrected chi connectivity index (χ0v) is 24.4. The number of carboxylic acid groups (broad SMARTS) is 1. The third-order valence-electron chi connectivity index (χ3n) is 7.39. The van der Waals surface area contributed by atoms with Crippen LogP contribution in [0.15, 0.2) is 48.5 Å². The van der Waals surface area contributed by atoms with Gasteiger partial charge in [-0.25, -0.2) is 4.79 Å². The zero-order chi connectivity index (χ0) is 33.1. The number of rotatable bonds is 10.